The summed E-state index contributed by atoms with van der Waals surface area (Å²) in [6.45, 7) is 5.24. The number of hydrogen-bond acceptors (Lipinski definition) is 1. The summed E-state index contributed by atoms with van der Waals surface area (Å²) in [6, 6.07) is 0. The van der Waals surface area contributed by atoms with Gasteiger partial charge >= 0.3 is 0 Å². The summed E-state index contributed by atoms with van der Waals surface area (Å²) in [5, 5.41) is 0. The fraction of sp³-hybridized carbons (Fsp3) is 0.250. The monoisotopic (exact) mass is 158 g/mol. The molecule has 0 saturated carbocycles. The third-order valence-electron chi connectivity index (χ3n) is 0.270. The third kappa shape index (κ3) is 8.82. The summed E-state index contributed by atoms with van der Waals surface area (Å²) < 4.78 is 0. The van der Waals surface area contributed by atoms with Gasteiger partial charge in [-0.05, 0) is 0 Å². The average Bonchev–Trinajstić information content (AvgIpc) is 1.38. The molecule has 2 heteroatoms. The van der Waals surface area contributed by atoms with Crippen LogP contribution in [0.1, 0.15) is 6.92 Å². The van der Waals surface area contributed by atoms with E-state index in [-0.39, 0.29) is 32.7 Å². The van der Waals surface area contributed by atoms with Crippen molar-refractivity contribution in [3.63, 3.8) is 0 Å². The molecule has 0 aromatic rings. The molecular weight excluding hydrogens is 151 g/mol. The Morgan fingerprint density at radius 3 is 1.83 bits per heavy atom. The average molecular weight is 158 g/mol. The molecule has 0 aromatic carbocycles. The van der Waals surface area contributed by atoms with Crippen LogP contribution in [0.2, 0.25) is 0 Å². The van der Waals surface area contributed by atoms with Crippen molar-refractivity contribution in [3.8, 4) is 0 Å². The minimum atomic E-state index is 0. The maximum absolute atomic E-state index is 3.44. The Hall–Kier alpha value is 0.514. The van der Waals surface area contributed by atoms with Gasteiger partial charge < -0.3 is 11.9 Å². The SMILES string of the molecule is [CH2-]N=C([CH2-])C.[Y]. The largest absolute Gasteiger partial charge is 0.489 e. The molecule has 0 N–H and O–H groups in total. The Kier molecular flexibility index (Phi) is 8.93. The van der Waals surface area contributed by atoms with Crippen LogP contribution in [0.25, 0.3) is 0 Å². The molecule has 1 radical (unpaired) electrons. The number of nitrogens with zero attached hydrogens (tertiary/aromatic N) is 1. The van der Waals surface area contributed by atoms with E-state index in [1.807, 2.05) is 0 Å². The molecule has 0 spiro atoms. The minimum Gasteiger partial charge on any atom is -0.489 e. The van der Waals surface area contributed by atoms with Crippen LogP contribution in [0.5, 0.6) is 0 Å². The summed E-state index contributed by atoms with van der Waals surface area (Å²) in [5.41, 5.74) is 0.769. The smallest absolute Gasteiger partial charge is 0 e. The molecule has 0 atom stereocenters. The molecule has 0 aliphatic heterocycles. The van der Waals surface area contributed by atoms with Crippen LogP contribution in [-0.2, 0) is 32.7 Å². The van der Waals surface area contributed by atoms with E-state index in [0.717, 1.165) is 5.71 Å². The first-order valence-electron chi connectivity index (χ1n) is 1.39. The quantitative estimate of drug-likeness (QED) is 0.369. The van der Waals surface area contributed by atoms with Gasteiger partial charge in [0.15, 0.2) is 0 Å². The first kappa shape index (κ1) is 9.72. The Morgan fingerprint density at radius 1 is 1.67 bits per heavy atom. The van der Waals surface area contributed by atoms with Crippen LogP contribution in [0.3, 0.4) is 0 Å². The molecule has 0 fully saturated rings. The van der Waals surface area contributed by atoms with Crippen LogP contribution < -0.4 is 0 Å². The second-order valence-corrected chi connectivity index (χ2v) is 0.893. The van der Waals surface area contributed by atoms with E-state index < -0.39 is 0 Å². The fourth-order valence-corrected chi connectivity index (χ4v) is 0. The zero-order valence-corrected chi connectivity index (χ0v) is 6.78. The standard InChI is InChI=1S/C4H7N.Y/c1-4(2)5-3;/h1,3H2,2H3;/q-2;. The molecule has 0 heterocycles. The van der Waals surface area contributed by atoms with Crippen LogP contribution >= 0.6 is 0 Å². The molecular formula is C4H7NY-2. The van der Waals surface area contributed by atoms with Crippen molar-refractivity contribution in [1.29, 1.82) is 0 Å². The van der Waals surface area contributed by atoms with E-state index in [4.69, 9.17) is 0 Å². The van der Waals surface area contributed by atoms with Crippen molar-refractivity contribution in [2.24, 2.45) is 4.99 Å². The Labute approximate surface area is 64.1 Å². The van der Waals surface area contributed by atoms with Gasteiger partial charge in [0.05, 0.1) is 0 Å². The van der Waals surface area contributed by atoms with Gasteiger partial charge in [0, 0.05) is 32.7 Å². The van der Waals surface area contributed by atoms with Crippen LogP contribution in [-0.4, -0.2) is 5.71 Å². The number of rotatable bonds is 0. The summed E-state index contributed by atoms with van der Waals surface area (Å²) in [5.74, 6) is 0. The van der Waals surface area contributed by atoms with Gasteiger partial charge in [-0.25, -0.2) is 0 Å². The van der Waals surface area contributed by atoms with Gasteiger partial charge in [0.25, 0.3) is 0 Å². The molecule has 0 aromatic heterocycles. The zero-order valence-electron chi connectivity index (χ0n) is 3.94. The molecule has 0 rings (SSSR count). The van der Waals surface area contributed by atoms with Crippen LogP contribution in [0.15, 0.2) is 4.99 Å². The summed E-state index contributed by atoms with van der Waals surface area (Å²) in [4.78, 5) is 3.44. The normalized spacial score (nSPS) is 9.83. The molecule has 0 unspecified atom stereocenters. The Balaban J connectivity index is 0. The first-order valence-corrected chi connectivity index (χ1v) is 1.39. The summed E-state index contributed by atoms with van der Waals surface area (Å²) in [6.07, 6.45) is 0. The van der Waals surface area contributed by atoms with Crippen molar-refractivity contribution < 1.29 is 32.7 Å². The maximum Gasteiger partial charge on any atom is 0 e. The number of hydrogen-bond donors (Lipinski definition) is 0. The molecule has 0 saturated heterocycles. The second-order valence-electron chi connectivity index (χ2n) is 0.893. The van der Waals surface area contributed by atoms with Crippen LogP contribution in [0, 0.1) is 14.0 Å². The minimum absolute atomic E-state index is 0. The van der Waals surface area contributed by atoms with E-state index in [0.29, 0.717) is 0 Å². The fourth-order valence-electron chi connectivity index (χ4n) is 0. The molecule has 0 aliphatic carbocycles. The summed E-state index contributed by atoms with van der Waals surface area (Å²) >= 11 is 0. The molecule has 33 valence electrons. The van der Waals surface area contributed by atoms with Crippen molar-refractivity contribution >= 4 is 5.71 Å². The van der Waals surface area contributed by atoms with E-state index >= 15 is 0 Å². The van der Waals surface area contributed by atoms with E-state index in [1.165, 1.54) is 0 Å². The van der Waals surface area contributed by atoms with Crippen molar-refractivity contribution in [2.45, 2.75) is 6.92 Å². The van der Waals surface area contributed by atoms with Crippen molar-refractivity contribution in [1.82, 2.24) is 0 Å². The van der Waals surface area contributed by atoms with E-state index in [1.54, 1.807) is 6.92 Å². The van der Waals surface area contributed by atoms with Crippen molar-refractivity contribution in [2.75, 3.05) is 0 Å². The van der Waals surface area contributed by atoms with Crippen molar-refractivity contribution in [3.05, 3.63) is 14.0 Å². The zero-order chi connectivity index (χ0) is 4.28. The van der Waals surface area contributed by atoms with E-state index in [9.17, 15) is 0 Å². The molecule has 1 nitrogen and oxygen atoms in total. The van der Waals surface area contributed by atoms with Crippen LogP contribution in [0.4, 0.5) is 0 Å². The van der Waals surface area contributed by atoms with Gasteiger partial charge in [-0.15, -0.1) is 6.92 Å². The second kappa shape index (κ2) is 5.51. The van der Waals surface area contributed by atoms with Gasteiger partial charge in [-0.1, -0.05) is 0 Å². The molecule has 0 bridgehead atoms. The molecule has 6 heavy (non-hydrogen) atoms. The van der Waals surface area contributed by atoms with E-state index in [2.05, 4.69) is 19.0 Å². The Morgan fingerprint density at radius 2 is 1.83 bits per heavy atom. The number of aliphatic imine (C=N–C) groups is 1. The summed E-state index contributed by atoms with van der Waals surface area (Å²) in [7, 11) is 3.21. The first-order chi connectivity index (χ1) is 2.27. The van der Waals surface area contributed by atoms with Gasteiger partial charge in [0.1, 0.15) is 0 Å². The topological polar surface area (TPSA) is 12.4 Å². The predicted octanol–water partition coefficient (Wildman–Crippen LogP) is 1.07. The maximum atomic E-state index is 3.44. The Bertz CT molecular complexity index is 45.5. The molecule has 0 amide bonds. The van der Waals surface area contributed by atoms with Gasteiger partial charge in [-0.3, -0.25) is 5.71 Å². The molecule has 0 aliphatic rings. The predicted molar refractivity (Wildman–Crippen MR) is 23.8 cm³/mol. The third-order valence-corrected chi connectivity index (χ3v) is 0.270. The van der Waals surface area contributed by atoms with Gasteiger partial charge in [0.2, 0.25) is 0 Å². The van der Waals surface area contributed by atoms with Gasteiger partial charge in [-0.2, -0.15) is 7.05 Å².